The maximum Gasteiger partial charge on any atom is 0.236 e. The summed E-state index contributed by atoms with van der Waals surface area (Å²) in [4.78, 5) is 26.3. The zero-order valence-corrected chi connectivity index (χ0v) is 15.4. The second-order valence-corrected chi connectivity index (χ2v) is 6.93. The Bertz CT molecular complexity index is 555. The largest absolute Gasteiger partial charge is 0.352 e. The molecule has 1 aromatic carbocycles. The molecule has 0 atom stereocenters. The summed E-state index contributed by atoms with van der Waals surface area (Å²) >= 11 is 0. The van der Waals surface area contributed by atoms with Crippen LogP contribution >= 0.6 is 12.4 Å². The summed E-state index contributed by atoms with van der Waals surface area (Å²) in [5.41, 5.74) is 1.11. The molecule has 0 unspecified atom stereocenters. The van der Waals surface area contributed by atoms with Crippen molar-refractivity contribution in [1.82, 2.24) is 15.5 Å². The fourth-order valence-electron chi connectivity index (χ4n) is 3.14. The number of nitrogens with one attached hydrogen (secondary N) is 2. The van der Waals surface area contributed by atoms with Crippen molar-refractivity contribution in [3.8, 4) is 0 Å². The zero-order chi connectivity index (χ0) is 16.8. The van der Waals surface area contributed by atoms with E-state index in [1.54, 1.807) is 0 Å². The molecule has 2 amide bonds. The van der Waals surface area contributed by atoms with Crippen LogP contribution in [0.1, 0.15) is 31.2 Å². The third-order valence-corrected chi connectivity index (χ3v) is 4.93. The van der Waals surface area contributed by atoms with Gasteiger partial charge in [0.1, 0.15) is 0 Å². The number of piperidine rings is 1. The molecule has 25 heavy (non-hydrogen) atoms. The quantitative estimate of drug-likeness (QED) is 0.776. The van der Waals surface area contributed by atoms with Gasteiger partial charge in [0.25, 0.3) is 0 Å². The number of carbonyl (C=O) groups excluding carboxylic acids is 2. The first-order chi connectivity index (χ1) is 11.7. The minimum Gasteiger partial charge on any atom is -0.352 e. The Labute approximate surface area is 155 Å². The van der Waals surface area contributed by atoms with Gasteiger partial charge in [-0.15, -0.1) is 12.4 Å². The van der Waals surface area contributed by atoms with Crippen LogP contribution in [0.3, 0.4) is 0 Å². The smallest absolute Gasteiger partial charge is 0.236 e. The Balaban J connectivity index is 0.00000225. The molecule has 1 aromatic rings. The molecule has 6 heteroatoms. The summed E-state index contributed by atoms with van der Waals surface area (Å²) in [5, 5.41) is 6.26. The van der Waals surface area contributed by atoms with Crippen LogP contribution in [0.5, 0.6) is 0 Å². The molecule has 1 aliphatic heterocycles. The Morgan fingerprint density at radius 1 is 1.04 bits per heavy atom. The highest BCUT2D eigenvalue weighted by Crippen LogP contribution is 2.27. The lowest BCUT2D eigenvalue weighted by Crippen LogP contribution is -2.45. The number of likely N-dealkylation sites (tertiary alicyclic amines) is 1. The van der Waals surface area contributed by atoms with Gasteiger partial charge in [0, 0.05) is 25.6 Å². The number of rotatable bonds is 7. The van der Waals surface area contributed by atoms with Crippen LogP contribution in [0.4, 0.5) is 0 Å². The van der Waals surface area contributed by atoms with Gasteiger partial charge < -0.3 is 15.5 Å². The number of halogens is 1. The highest BCUT2D eigenvalue weighted by Gasteiger charge is 2.27. The fourth-order valence-corrected chi connectivity index (χ4v) is 3.14. The Kier molecular flexibility index (Phi) is 7.72. The average Bonchev–Trinajstić information content (AvgIpc) is 3.45. The van der Waals surface area contributed by atoms with Gasteiger partial charge in [0.2, 0.25) is 11.8 Å². The van der Waals surface area contributed by atoms with E-state index in [2.05, 4.69) is 10.6 Å². The third kappa shape index (κ3) is 6.33. The van der Waals surface area contributed by atoms with Gasteiger partial charge in [-0.3, -0.25) is 9.59 Å². The van der Waals surface area contributed by atoms with Crippen molar-refractivity contribution >= 4 is 24.2 Å². The van der Waals surface area contributed by atoms with Crippen LogP contribution in [0, 0.1) is 11.8 Å². The highest BCUT2D eigenvalue weighted by atomic mass is 35.5. The minimum atomic E-state index is 0. The maximum atomic E-state index is 12.3. The number of hydrogen-bond acceptors (Lipinski definition) is 3. The van der Waals surface area contributed by atoms with E-state index < -0.39 is 0 Å². The maximum absolute atomic E-state index is 12.3. The lowest BCUT2D eigenvalue weighted by molar-refractivity contribution is -0.135. The lowest BCUT2D eigenvalue weighted by atomic mass is 9.95. The second kappa shape index (κ2) is 9.78. The van der Waals surface area contributed by atoms with Gasteiger partial charge in [0.05, 0.1) is 6.54 Å². The average molecular weight is 366 g/mol. The van der Waals surface area contributed by atoms with E-state index in [0.29, 0.717) is 26.2 Å². The van der Waals surface area contributed by atoms with Crippen molar-refractivity contribution in [1.29, 1.82) is 0 Å². The SMILES string of the molecule is Cl.O=C(NCc1ccccc1)C1CCN(C(=O)CNCC2CC2)CC1. The van der Waals surface area contributed by atoms with Crippen molar-refractivity contribution < 1.29 is 9.59 Å². The van der Waals surface area contributed by atoms with Crippen molar-refractivity contribution in [3.63, 3.8) is 0 Å². The molecule has 1 heterocycles. The summed E-state index contributed by atoms with van der Waals surface area (Å²) < 4.78 is 0. The Morgan fingerprint density at radius 3 is 2.36 bits per heavy atom. The van der Waals surface area contributed by atoms with Crippen molar-refractivity contribution in [2.75, 3.05) is 26.2 Å². The first-order valence-electron chi connectivity index (χ1n) is 9.02. The summed E-state index contributed by atoms with van der Waals surface area (Å²) in [7, 11) is 0. The summed E-state index contributed by atoms with van der Waals surface area (Å²) in [6.07, 6.45) is 4.11. The van der Waals surface area contributed by atoms with Crippen LogP contribution in [-0.4, -0.2) is 42.9 Å². The molecule has 0 bridgehead atoms. The van der Waals surface area contributed by atoms with Gasteiger partial charge >= 0.3 is 0 Å². The molecule has 1 saturated heterocycles. The standard InChI is InChI=1S/C19H27N3O2.ClH/c23-18(14-20-12-16-6-7-16)22-10-8-17(9-11-22)19(24)21-13-15-4-2-1-3-5-15;/h1-5,16-17,20H,6-14H2,(H,21,24);1H. The van der Waals surface area contributed by atoms with Gasteiger partial charge in [-0.05, 0) is 43.7 Å². The molecular formula is C19H28ClN3O2. The van der Waals surface area contributed by atoms with Gasteiger partial charge in [0.15, 0.2) is 0 Å². The van der Waals surface area contributed by atoms with Crippen molar-refractivity contribution in [2.45, 2.75) is 32.2 Å². The van der Waals surface area contributed by atoms with Crippen molar-refractivity contribution in [3.05, 3.63) is 35.9 Å². The van der Waals surface area contributed by atoms with Crippen LogP contribution in [0.15, 0.2) is 30.3 Å². The molecule has 5 nitrogen and oxygen atoms in total. The van der Waals surface area contributed by atoms with Crippen LogP contribution in [0.2, 0.25) is 0 Å². The molecule has 1 aliphatic carbocycles. The van der Waals surface area contributed by atoms with E-state index in [1.165, 1.54) is 12.8 Å². The Hall–Kier alpha value is -1.59. The first kappa shape index (κ1) is 19.7. The highest BCUT2D eigenvalue weighted by molar-refractivity contribution is 5.85. The minimum absolute atomic E-state index is 0. The molecule has 0 aromatic heterocycles. The fraction of sp³-hybridized carbons (Fsp3) is 0.579. The summed E-state index contributed by atoms with van der Waals surface area (Å²) in [6, 6.07) is 9.94. The number of hydrogen-bond donors (Lipinski definition) is 2. The molecular weight excluding hydrogens is 338 g/mol. The molecule has 2 fully saturated rings. The monoisotopic (exact) mass is 365 g/mol. The summed E-state index contributed by atoms with van der Waals surface area (Å²) in [6.45, 7) is 3.34. The lowest BCUT2D eigenvalue weighted by Gasteiger charge is -2.31. The van der Waals surface area contributed by atoms with Crippen LogP contribution in [0.25, 0.3) is 0 Å². The van der Waals surface area contributed by atoms with E-state index in [1.807, 2.05) is 35.2 Å². The second-order valence-electron chi connectivity index (χ2n) is 6.93. The van der Waals surface area contributed by atoms with Crippen LogP contribution < -0.4 is 10.6 Å². The molecule has 138 valence electrons. The number of nitrogens with zero attached hydrogens (tertiary/aromatic N) is 1. The van der Waals surface area contributed by atoms with E-state index in [9.17, 15) is 9.59 Å². The van der Waals surface area contributed by atoms with E-state index in [0.717, 1.165) is 30.9 Å². The molecule has 0 spiro atoms. The topological polar surface area (TPSA) is 61.4 Å². The van der Waals surface area contributed by atoms with Gasteiger partial charge in [-0.25, -0.2) is 0 Å². The molecule has 3 rings (SSSR count). The molecule has 2 N–H and O–H groups in total. The van der Waals surface area contributed by atoms with E-state index >= 15 is 0 Å². The predicted molar refractivity (Wildman–Crippen MR) is 100 cm³/mol. The Morgan fingerprint density at radius 2 is 1.72 bits per heavy atom. The van der Waals surface area contributed by atoms with E-state index in [4.69, 9.17) is 0 Å². The number of benzene rings is 1. The van der Waals surface area contributed by atoms with E-state index in [-0.39, 0.29) is 30.1 Å². The molecule has 0 radical (unpaired) electrons. The van der Waals surface area contributed by atoms with Gasteiger partial charge in [-0.2, -0.15) is 0 Å². The molecule has 2 aliphatic rings. The molecule has 1 saturated carbocycles. The van der Waals surface area contributed by atoms with Crippen molar-refractivity contribution in [2.24, 2.45) is 11.8 Å². The normalized spacial score (nSPS) is 17.7. The zero-order valence-electron chi connectivity index (χ0n) is 14.6. The first-order valence-corrected chi connectivity index (χ1v) is 9.02. The number of carbonyl (C=O) groups is 2. The third-order valence-electron chi connectivity index (χ3n) is 4.93. The van der Waals surface area contributed by atoms with Gasteiger partial charge in [-0.1, -0.05) is 30.3 Å². The summed E-state index contributed by atoms with van der Waals surface area (Å²) in [5.74, 6) is 1.09. The number of amides is 2. The van der Waals surface area contributed by atoms with Crippen LogP contribution in [-0.2, 0) is 16.1 Å². The predicted octanol–water partition coefficient (Wildman–Crippen LogP) is 1.96.